The van der Waals surface area contributed by atoms with Gasteiger partial charge in [0, 0.05) is 10.8 Å². The van der Waals surface area contributed by atoms with E-state index < -0.39 is 11.6 Å². The molecular weight excluding hydrogens is 330 g/mol. The molecule has 138 valence electrons. The van der Waals surface area contributed by atoms with E-state index in [1.165, 1.54) is 6.42 Å². The van der Waals surface area contributed by atoms with Crippen LogP contribution in [0.1, 0.15) is 69.4 Å². The van der Waals surface area contributed by atoms with Crippen LogP contribution in [-0.4, -0.2) is 0 Å². The third-order valence-corrected chi connectivity index (χ3v) is 6.16. The van der Waals surface area contributed by atoms with E-state index >= 15 is 0 Å². The minimum atomic E-state index is -0.825. The van der Waals surface area contributed by atoms with Gasteiger partial charge in [0.25, 0.3) is 0 Å². The number of fused-ring (bicyclic) bond motifs is 3. The van der Waals surface area contributed by atoms with Crippen LogP contribution in [0.5, 0.6) is 0 Å². The molecule has 0 saturated heterocycles. The normalized spacial score (nSPS) is 20.9. The van der Waals surface area contributed by atoms with E-state index in [1.54, 1.807) is 0 Å². The maximum atomic E-state index is 14.8. The molecular formula is C23H26F2O. The van der Waals surface area contributed by atoms with Gasteiger partial charge in [0.15, 0.2) is 11.4 Å². The molecule has 0 atom stereocenters. The van der Waals surface area contributed by atoms with E-state index in [0.29, 0.717) is 16.5 Å². The van der Waals surface area contributed by atoms with Gasteiger partial charge in [-0.1, -0.05) is 44.9 Å². The topological polar surface area (TPSA) is 13.1 Å². The Bertz CT molecular complexity index is 932. The first kappa shape index (κ1) is 17.5. The van der Waals surface area contributed by atoms with Crippen LogP contribution in [0.25, 0.3) is 21.9 Å². The van der Waals surface area contributed by atoms with Crippen LogP contribution >= 0.6 is 0 Å². The van der Waals surface area contributed by atoms with E-state index in [0.717, 1.165) is 55.4 Å². The largest absolute Gasteiger partial charge is 0.453 e. The van der Waals surface area contributed by atoms with E-state index in [1.807, 2.05) is 24.3 Å². The summed E-state index contributed by atoms with van der Waals surface area (Å²) >= 11 is 0. The molecule has 0 aliphatic heterocycles. The fourth-order valence-corrected chi connectivity index (χ4v) is 4.59. The molecule has 0 spiro atoms. The first-order valence-electron chi connectivity index (χ1n) is 9.96. The molecule has 1 aliphatic rings. The average molecular weight is 356 g/mol. The Labute approximate surface area is 153 Å². The third-order valence-electron chi connectivity index (χ3n) is 6.16. The maximum Gasteiger partial charge on any atom is 0.202 e. The quantitative estimate of drug-likeness (QED) is 0.471. The summed E-state index contributed by atoms with van der Waals surface area (Å²) < 4.78 is 35.5. The molecule has 3 heteroatoms. The van der Waals surface area contributed by atoms with Crippen molar-refractivity contribution in [2.75, 3.05) is 0 Å². The number of hydrogen-bond donors (Lipinski definition) is 0. The summed E-state index contributed by atoms with van der Waals surface area (Å²) in [5, 5.41) is 1.61. The van der Waals surface area contributed by atoms with Crippen LogP contribution in [0.2, 0.25) is 0 Å². The number of rotatable bonds is 4. The SMILES string of the molecule is CCCc1cccc2c1oc1c(F)c(F)c(C3CCC(CC)CC3)cc12. The van der Waals surface area contributed by atoms with Gasteiger partial charge in [-0.25, -0.2) is 4.39 Å². The molecule has 1 nitrogen and oxygen atoms in total. The first-order valence-corrected chi connectivity index (χ1v) is 9.96. The van der Waals surface area contributed by atoms with Crippen molar-refractivity contribution in [2.24, 2.45) is 5.92 Å². The zero-order valence-electron chi connectivity index (χ0n) is 15.6. The summed E-state index contributed by atoms with van der Waals surface area (Å²) in [6.07, 6.45) is 7.12. The molecule has 0 N–H and O–H groups in total. The van der Waals surface area contributed by atoms with Gasteiger partial charge in [0.05, 0.1) is 0 Å². The van der Waals surface area contributed by atoms with Crippen LogP contribution in [0, 0.1) is 17.6 Å². The molecule has 3 aromatic rings. The van der Waals surface area contributed by atoms with E-state index in [-0.39, 0.29) is 11.5 Å². The van der Waals surface area contributed by atoms with Crippen LogP contribution in [0.3, 0.4) is 0 Å². The van der Waals surface area contributed by atoms with Gasteiger partial charge in [0.1, 0.15) is 5.58 Å². The molecule has 4 rings (SSSR count). The molecule has 1 heterocycles. The van der Waals surface area contributed by atoms with Crippen molar-refractivity contribution in [1.29, 1.82) is 0 Å². The Hall–Kier alpha value is -1.90. The van der Waals surface area contributed by atoms with Crippen molar-refractivity contribution < 1.29 is 13.2 Å². The lowest BCUT2D eigenvalue weighted by molar-refractivity contribution is 0.313. The van der Waals surface area contributed by atoms with Crippen LogP contribution in [0.15, 0.2) is 28.7 Å². The lowest BCUT2D eigenvalue weighted by Crippen LogP contribution is -2.14. The molecule has 0 radical (unpaired) electrons. The summed E-state index contributed by atoms with van der Waals surface area (Å²) in [6.45, 7) is 4.31. The Morgan fingerprint density at radius 3 is 2.42 bits per heavy atom. The Balaban J connectivity index is 1.84. The number of aryl methyl sites for hydroxylation is 1. The van der Waals surface area contributed by atoms with Crippen molar-refractivity contribution in [3.63, 3.8) is 0 Å². The molecule has 0 amide bonds. The van der Waals surface area contributed by atoms with Crippen LogP contribution in [-0.2, 0) is 6.42 Å². The summed E-state index contributed by atoms with van der Waals surface area (Å²) in [4.78, 5) is 0. The molecule has 2 aromatic carbocycles. The van der Waals surface area contributed by atoms with Crippen molar-refractivity contribution in [3.05, 3.63) is 47.0 Å². The van der Waals surface area contributed by atoms with Crippen molar-refractivity contribution in [1.82, 2.24) is 0 Å². The number of benzene rings is 2. The predicted octanol–water partition coefficient (Wildman–Crippen LogP) is 7.50. The van der Waals surface area contributed by atoms with E-state index in [2.05, 4.69) is 13.8 Å². The Morgan fingerprint density at radius 2 is 1.73 bits per heavy atom. The number of para-hydroxylation sites is 1. The Morgan fingerprint density at radius 1 is 0.962 bits per heavy atom. The van der Waals surface area contributed by atoms with Gasteiger partial charge in [-0.15, -0.1) is 0 Å². The van der Waals surface area contributed by atoms with E-state index in [4.69, 9.17) is 4.42 Å². The minimum Gasteiger partial charge on any atom is -0.453 e. The number of halogens is 2. The standard InChI is InChI=1S/C23H26F2O/c1-3-6-16-7-5-8-17-19-13-18(15-11-9-14(4-2)10-12-15)20(24)21(25)23(19)26-22(16)17/h5,7-8,13-15H,3-4,6,9-12H2,1-2H3. The lowest BCUT2D eigenvalue weighted by atomic mass is 9.77. The molecule has 1 saturated carbocycles. The fourth-order valence-electron chi connectivity index (χ4n) is 4.59. The van der Waals surface area contributed by atoms with Crippen molar-refractivity contribution in [2.45, 2.75) is 64.7 Å². The molecule has 1 aromatic heterocycles. The molecule has 1 fully saturated rings. The monoisotopic (exact) mass is 356 g/mol. The molecule has 1 aliphatic carbocycles. The van der Waals surface area contributed by atoms with Crippen molar-refractivity contribution in [3.8, 4) is 0 Å². The number of furan rings is 1. The summed E-state index contributed by atoms with van der Waals surface area (Å²) in [5.74, 6) is -0.697. The van der Waals surface area contributed by atoms with Crippen LogP contribution in [0.4, 0.5) is 8.78 Å². The maximum absolute atomic E-state index is 14.8. The highest BCUT2D eigenvalue weighted by Gasteiger charge is 2.27. The predicted molar refractivity (Wildman–Crippen MR) is 103 cm³/mol. The molecule has 0 unspecified atom stereocenters. The highest BCUT2D eigenvalue weighted by atomic mass is 19.2. The first-order chi connectivity index (χ1) is 12.6. The number of hydrogen-bond acceptors (Lipinski definition) is 1. The second kappa shape index (κ2) is 7.02. The Kier molecular flexibility index (Phi) is 4.73. The minimum absolute atomic E-state index is 0.0621. The van der Waals surface area contributed by atoms with Gasteiger partial charge in [-0.2, -0.15) is 4.39 Å². The lowest BCUT2D eigenvalue weighted by Gasteiger charge is -2.28. The second-order valence-corrected chi connectivity index (χ2v) is 7.74. The molecule has 0 bridgehead atoms. The highest BCUT2D eigenvalue weighted by Crippen LogP contribution is 2.42. The van der Waals surface area contributed by atoms with Gasteiger partial charge in [-0.05, 0) is 61.1 Å². The van der Waals surface area contributed by atoms with Gasteiger partial charge >= 0.3 is 0 Å². The zero-order chi connectivity index (χ0) is 18.3. The van der Waals surface area contributed by atoms with Crippen LogP contribution < -0.4 is 0 Å². The zero-order valence-corrected chi connectivity index (χ0v) is 15.6. The highest BCUT2D eigenvalue weighted by molar-refractivity contribution is 6.06. The summed E-state index contributed by atoms with van der Waals surface area (Å²) in [5.41, 5.74) is 2.36. The summed E-state index contributed by atoms with van der Waals surface area (Å²) in [7, 11) is 0. The van der Waals surface area contributed by atoms with Gasteiger partial charge < -0.3 is 4.42 Å². The van der Waals surface area contributed by atoms with Gasteiger partial charge in [0.2, 0.25) is 5.82 Å². The van der Waals surface area contributed by atoms with Crippen molar-refractivity contribution >= 4 is 21.9 Å². The molecule has 26 heavy (non-hydrogen) atoms. The fraction of sp³-hybridized carbons (Fsp3) is 0.478. The third kappa shape index (κ3) is 2.82. The van der Waals surface area contributed by atoms with E-state index in [9.17, 15) is 8.78 Å². The van der Waals surface area contributed by atoms with Gasteiger partial charge in [-0.3, -0.25) is 0 Å². The summed E-state index contributed by atoms with van der Waals surface area (Å²) in [6, 6.07) is 7.80. The smallest absolute Gasteiger partial charge is 0.202 e. The second-order valence-electron chi connectivity index (χ2n) is 7.74. The average Bonchev–Trinajstić information content (AvgIpc) is 3.05.